The van der Waals surface area contributed by atoms with Gasteiger partial charge in [-0.05, 0) is 58.4 Å². The first-order valence-electron chi connectivity index (χ1n) is 14.9. The molecule has 8 N–H and O–H groups in total. The number of benzene rings is 1. The molecule has 46 heavy (non-hydrogen) atoms. The van der Waals surface area contributed by atoms with Crippen molar-refractivity contribution in [2.45, 2.75) is 95.1 Å². The normalized spacial score (nSPS) is 22.5. The van der Waals surface area contributed by atoms with E-state index in [-0.39, 0.29) is 26.1 Å². The number of nitrogens with zero attached hydrogens (tertiary/aromatic N) is 2. The van der Waals surface area contributed by atoms with Gasteiger partial charge in [-0.3, -0.25) is 23.5 Å². The second-order valence-electron chi connectivity index (χ2n) is 12.1. The standard InChI is InChI=1S/C30H45N5O11/c1-16(36)20(31)26(41)33-13-6-12-32-21(28(42)46-30(2,3)4)22(38)25-23(39)24(40)27(45-25)34-14-11-19(37)35(29(34)43)15-17-7-9-18(44-5)10-8-17/h7-11,14,16,20-25,27,32,36,38-40H,6,12-13,15,31H2,1-5H3,(H,33,41)/t16?,20-,21-,22+,23-,24+,25?,27+/m0/s1. The maximum absolute atomic E-state index is 13.4. The Labute approximate surface area is 265 Å². The van der Waals surface area contributed by atoms with E-state index in [1.807, 2.05) is 0 Å². The Kier molecular flexibility index (Phi) is 12.6. The minimum absolute atomic E-state index is 0.0791. The predicted octanol–water partition coefficient (Wildman–Crippen LogP) is -2.44. The first-order valence-corrected chi connectivity index (χ1v) is 14.9. The molecule has 1 amide bonds. The molecule has 256 valence electrons. The number of amides is 1. The van der Waals surface area contributed by atoms with Crippen LogP contribution in [-0.2, 0) is 25.6 Å². The van der Waals surface area contributed by atoms with Gasteiger partial charge in [-0.15, -0.1) is 0 Å². The molecule has 0 aliphatic carbocycles. The van der Waals surface area contributed by atoms with Crippen LogP contribution in [0.1, 0.15) is 45.9 Å². The van der Waals surface area contributed by atoms with Crippen LogP contribution in [0.15, 0.2) is 46.1 Å². The highest BCUT2D eigenvalue weighted by Gasteiger charge is 2.50. The van der Waals surface area contributed by atoms with Crippen LogP contribution in [0.5, 0.6) is 5.75 Å². The number of nitrogens with two attached hydrogens (primary N) is 1. The van der Waals surface area contributed by atoms with Crippen LogP contribution in [0.4, 0.5) is 0 Å². The maximum Gasteiger partial charge on any atom is 0.333 e. The molecule has 1 saturated heterocycles. The summed E-state index contributed by atoms with van der Waals surface area (Å²) in [6.45, 7) is 6.37. The van der Waals surface area contributed by atoms with Gasteiger partial charge in [0.1, 0.15) is 47.9 Å². The Bertz CT molecular complexity index is 1440. The van der Waals surface area contributed by atoms with Crippen molar-refractivity contribution in [2.24, 2.45) is 5.73 Å². The molecule has 16 nitrogen and oxygen atoms in total. The molecule has 2 heterocycles. The third-order valence-electron chi connectivity index (χ3n) is 7.32. The average Bonchev–Trinajstić information content (AvgIpc) is 3.28. The lowest BCUT2D eigenvalue weighted by molar-refractivity contribution is -0.166. The van der Waals surface area contributed by atoms with Crippen LogP contribution in [-0.4, -0.2) is 110 Å². The van der Waals surface area contributed by atoms with Crippen molar-refractivity contribution < 1.29 is 44.2 Å². The molecule has 0 bridgehead atoms. The average molecular weight is 652 g/mol. The topological polar surface area (TPSA) is 237 Å². The molecule has 0 spiro atoms. The molecule has 1 fully saturated rings. The Morgan fingerprint density at radius 2 is 1.72 bits per heavy atom. The highest BCUT2D eigenvalue weighted by atomic mass is 16.6. The maximum atomic E-state index is 13.4. The van der Waals surface area contributed by atoms with Crippen molar-refractivity contribution in [1.29, 1.82) is 0 Å². The van der Waals surface area contributed by atoms with Crippen molar-refractivity contribution in [3.63, 3.8) is 0 Å². The number of carbonyl (C=O) groups excluding carboxylic acids is 2. The summed E-state index contributed by atoms with van der Waals surface area (Å²) in [5, 5.41) is 48.0. The van der Waals surface area contributed by atoms with E-state index in [1.165, 1.54) is 14.0 Å². The van der Waals surface area contributed by atoms with Gasteiger partial charge in [0.2, 0.25) is 5.91 Å². The molecule has 1 aromatic heterocycles. The molecular weight excluding hydrogens is 606 g/mol. The van der Waals surface area contributed by atoms with Gasteiger partial charge in [-0.25, -0.2) is 4.79 Å². The second kappa shape index (κ2) is 15.8. The molecule has 16 heteroatoms. The molecule has 0 saturated carbocycles. The third kappa shape index (κ3) is 9.22. The number of aliphatic hydroxyl groups excluding tert-OH is 4. The number of rotatable bonds is 14. The van der Waals surface area contributed by atoms with E-state index in [2.05, 4.69) is 10.6 Å². The van der Waals surface area contributed by atoms with Gasteiger partial charge in [-0.1, -0.05) is 12.1 Å². The van der Waals surface area contributed by atoms with Crippen molar-refractivity contribution in [2.75, 3.05) is 20.2 Å². The largest absolute Gasteiger partial charge is 0.497 e. The summed E-state index contributed by atoms with van der Waals surface area (Å²) in [6, 6.07) is 5.25. The summed E-state index contributed by atoms with van der Waals surface area (Å²) in [6.07, 6.45) is -7.99. The Hall–Kier alpha value is -3.64. The Morgan fingerprint density at radius 1 is 1.07 bits per heavy atom. The van der Waals surface area contributed by atoms with Gasteiger partial charge in [0, 0.05) is 18.8 Å². The van der Waals surface area contributed by atoms with Crippen LogP contribution in [0.2, 0.25) is 0 Å². The van der Waals surface area contributed by atoms with E-state index in [9.17, 15) is 39.6 Å². The summed E-state index contributed by atoms with van der Waals surface area (Å²) in [4.78, 5) is 51.1. The highest BCUT2D eigenvalue weighted by Crippen LogP contribution is 2.31. The number of esters is 1. The number of ether oxygens (including phenoxy) is 3. The number of hydrogen-bond donors (Lipinski definition) is 7. The lowest BCUT2D eigenvalue weighted by Gasteiger charge is -2.31. The fraction of sp³-hybridized carbons (Fsp3) is 0.600. The molecule has 2 unspecified atom stereocenters. The Morgan fingerprint density at radius 3 is 2.30 bits per heavy atom. The summed E-state index contributed by atoms with van der Waals surface area (Å²) in [5.41, 5.74) is 3.84. The number of methoxy groups -OCH3 is 1. The van der Waals surface area contributed by atoms with Crippen LogP contribution < -0.4 is 32.4 Å². The quantitative estimate of drug-likeness (QED) is 0.0832. The van der Waals surface area contributed by atoms with Gasteiger partial charge in [0.15, 0.2) is 6.23 Å². The van der Waals surface area contributed by atoms with Gasteiger partial charge in [0.25, 0.3) is 5.56 Å². The number of hydrogen-bond acceptors (Lipinski definition) is 13. The molecule has 0 radical (unpaired) electrons. The minimum atomic E-state index is -1.77. The van der Waals surface area contributed by atoms with Crippen LogP contribution in [0.25, 0.3) is 0 Å². The fourth-order valence-electron chi connectivity index (χ4n) is 4.77. The summed E-state index contributed by atoms with van der Waals surface area (Å²) < 4.78 is 18.2. The van der Waals surface area contributed by atoms with Gasteiger partial charge < -0.3 is 51.0 Å². The van der Waals surface area contributed by atoms with E-state index in [0.717, 1.165) is 21.4 Å². The lowest BCUT2D eigenvalue weighted by Crippen LogP contribution is -2.56. The number of nitrogens with one attached hydrogen (secondary N) is 2. The van der Waals surface area contributed by atoms with Gasteiger partial charge >= 0.3 is 11.7 Å². The van der Waals surface area contributed by atoms with Gasteiger partial charge in [0.05, 0.1) is 19.8 Å². The highest BCUT2D eigenvalue weighted by molar-refractivity contribution is 5.82. The van der Waals surface area contributed by atoms with E-state index in [0.29, 0.717) is 11.3 Å². The molecule has 1 aliphatic heterocycles. The van der Waals surface area contributed by atoms with E-state index >= 15 is 0 Å². The number of aromatic nitrogens is 2. The second-order valence-corrected chi connectivity index (χ2v) is 12.1. The zero-order chi connectivity index (χ0) is 34.3. The molecule has 2 aromatic rings. The molecule has 3 rings (SSSR count). The van der Waals surface area contributed by atoms with E-state index in [4.69, 9.17) is 19.9 Å². The van der Waals surface area contributed by atoms with Gasteiger partial charge in [-0.2, -0.15) is 0 Å². The SMILES string of the molecule is COc1ccc(Cn2c(=O)ccn([C@@H]3OC([C@H](O)[C@H](NCCCNC(=O)[C@@H](N)C(C)O)C(=O)OC(C)(C)C)[C@@H](O)[C@H]3O)c2=O)cc1. The van der Waals surface area contributed by atoms with E-state index < -0.39 is 77.6 Å². The first-order chi connectivity index (χ1) is 21.5. The van der Waals surface area contributed by atoms with Crippen molar-refractivity contribution in [3.8, 4) is 5.75 Å². The molecular formula is C30H45N5O11. The fourth-order valence-corrected chi connectivity index (χ4v) is 4.77. The summed E-state index contributed by atoms with van der Waals surface area (Å²) in [7, 11) is 1.51. The smallest absolute Gasteiger partial charge is 0.333 e. The first kappa shape index (κ1) is 36.8. The minimum Gasteiger partial charge on any atom is -0.497 e. The van der Waals surface area contributed by atoms with Crippen LogP contribution in [0.3, 0.4) is 0 Å². The Balaban J connectivity index is 1.78. The number of carbonyl (C=O) groups is 2. The monoisotopic (exact) mass is 651 g/mol. The van der Waals surface area contributed by atoms with Crippen molar-refractivity contribution in [3.05, 3.63) is 62.9 Å². The molecule has 1 aliphatic rings. The zero-order valence-electron chi connectivity index (χ0n) is 26.5. The molecule has 1 aromatic carbocycles. The lowest BCUT2D eigenvalue weighted by atomic mass is 9.99. The summed E-state index contributed by atoms with van der Waals surface area (Å²) in [5.74, 6) is -0.850. The van der Waals surface area contributed by atoms with Crippen LogP contribution in [0, 0.1) is 0 Å². The molecule has 8 atom stereocenters. The summed E-state index contributed by atoms with van der Waals surface area (Å²) >= 11 is 0. The van der Waals surface area contributed by atoms with Crippen LogP contribution >= 0.6 is 0 Å². The predicted molar refractivity (Wildman–Crippen MR) is 164 cm³/mol. The zero-order valence-corrected chi connectivity index (χ0v) is 26.5. The van der Waals surface area contributed by atoms with Crippen molar-refractivity contribution >= 4 is 11.9 Å². The number of aliphatic hydroxyl groups is 4. The van der Waals surface area contributed by atoms with E-state index in [1.54, 1.807) is 45.0 Å². The van der Waals surface area contributed by atoms with Crippen molar-refractivity contribution in [1.82, 2.24) is 19.8 Å². The third-order valence-corrected chi connectivity index (χ3v) is 7.32.